The van der Waals surface area contributed by atoms with Gasteiger partial charge < -0.3 is 26.8 Å². The molecule has 2 heterocycles. The van der Waals surface area contributed by atoms with Crippen LogP contribution in [0.3, 0.4) is 0 Å². The van der Waals surface area contributed by atoms with E-state index in [0.29, 0.717) is 33.3 Å². The lowest BCUT2D eigenvalue weighted by molar-refractivity contribution is -0.139. The monoisotopic (exact) mass is 533 g/mol. The number of hydrogen-bond acceptors (Lipinski definition) is 9. The Kier molecular flexibility index (Phi) is 7.87. The van der Waals surface area contributed by atoms with Crippen LogP contribution in [0.25, 0.3) is 11.0 Å². The van der Waals surface area contributed by atoms with Crippen LogP contribution in [0.2, 0.25) is 0 Å². The second-order valence-corrected chi connectivity index (χ2v) is 9.02. The van der Waals surface area contributed by atoms with E-state index < -0.39 is 29.7 Å². The first kappa shape index (κ1) is 26.2. The molecule has 0 aliphatic heterocycles. The summed E-state index contributed by atoms with van der Waals surface area (Å²) >= 11 is 1.10. The number of carbonyl (C=O) groups excluding carboxylic acids is 3. The van der Waals surface area contributed by atoms with Crippen LogP contribution in [0.15, 0.2) is 54.7 Å². The number of fused-ring (bicyclic) bond motifs is 1. The van der Waals surface area contributed by atoms with Crippen molar-refractivity contribution in [2.24, 2.45) is 5.73 Å². The Morgan fingerprint density at radius 2 is 1.82 bits per heavy atom. The van der Waals surface area contributed by atoms with Gasteiger partial charge in [-0.3, -0.25) is 19.4 Å². The highest BCUT2D eigenvalue weighted by Crippen LogP contribution is 2.28. The normalized spacial score (nSPS) is 11.5. The molecular formula is C25H23N7O5S. The molecule has 194 valence electrons. The van der Waals surface area contributed by atoms with E-state index in [4.69, 9.17) is 5.73 Å². The number of primary amides is 1. The molecule has 13 heteroatoms. The van der Waals surface area contributed by atoms with E-state index in [1.54, 1.807) is 25.3 Å². The van der Waals surface area contributed by atoms with E-state index in [0.717, 1.165) is 17.0 Å². The zero-order valence-corrected chi connectivity index (χ0v) is 20.9. The van der Waals surface area contributed by atoms with Crippen molar-refractivity contribution in [1.82, 2.24) is 19.7 Å². The molecule has 3 amide bonds. The van der Waals surface area contributed by atoms with Crippen molar-refractivity contribution < 1.29 is 24.3 Å². The highest BCUT2D eigenvalue weighted by Gasteiger charge is 2.23. The van der Waals surface area contributed by atoms with Gasteiger partial charge in [-0.15, -0.1) is 0 Å². The van der Waals surface area contributed by atoms with Crippen LogP contribution in [-0.2, 0) is 9.59 Å². The van der Waals surface area contributed by atoms with Crippen LogP contribution in [0, 0.1) is 6.92 Å². The van der Waals surface area contributed by atoms with Crippen molar-refractivity contribution in [2.45, 2.75) is 25.8 Å². The van der Waals surface area contributed by atoms with Crippen LogP contribution in [0.5, 0.6) is 0 Å². The van der Waals surface area contributed by atoms with Gasteiger partial charge in [-0.05, 0) is 55.2 Å². The molecule has 0 saturated carbocycles. The SMILES string of the molecule is Cc1nsc(Nc2cnc3ccccc3n2)c1C(=O)Nc1cccc(C(=O)NC(CCC(N)=O)C(=O)O)c1. The number of hydrogen-bond donors (Lipinski definition) is 5. The summed E-state index contributed by atoms with van der Waals surface area (Å²) in [5, 5.41) is 18.0. The summed E-state index contributed by atoms with van der Waals surface area (Å²) in [6.45, 7) is 1.70. The van der Waals surface area contributed by atoms with Gasteiger partial charge in [-0.25, -0.2) is 9.78 Å². The third-order valence-corrected chi connectivity index (χ3v) is 6.30. The minimum atomic E-state index is -1.29. The van der Waals surface area contributed by atoms with E-state index in [1.165, 1.54) is 12.1 Å². The summed E-state index contributed by atoms with van der Waals surface area (Å²) in [5.74, 6) is -2.65. The summed E-state index contributed by atoms with van der Waals surface area (Å²) in [6.07, 6.45) is 1.23. The number of nitrogens with one attached hydrogen (secondary N) is 3. The van der Waals surface area contributed by atoms with Gasteiger partial charge in [0.1, 0.15) is 16.9 Å². The van der Waals surface area contributed by atoms with Gasteiger partial charge in [0.2, 0.25) is 5.91 Å². The molecule has 12 nitrogen and oxygen atoms in total. The van der Waals surface area contributed by atoms with Gasteiger partial charge in [0, 0.05) is 17.7 Å². The molecule has 1 unspecified atom stereocenters. The van der Waals surface area contributed by atoms with Gasteiger partial charge in [0.25, 0.3) is 11.8 Å². The van der Waals surface area contributed by atoms with Gasteiger partial charge in [0.15, 0.2) is 0 Å². The van der Waals surface area contributed by atoms with Gasteiger partial charge in [-0.2, -0.15) is 4.37 Å². The Morgan fingerprint density at radius 1 is 1.05 bits per heavy atom. The zero-order chi connectivity index (χ0) is 27.2. The fourth-order valence-corrected chi connectivity index (χ4v) is 4.37. The summed E-state index contributed by atoms with van der Waals surface area (Å²) in [6, 6.07) is 12.1. The molecule has 4 aromatic rings. The number of aliphatic carboxylic acids is 1. The largest absolute Gasteiger partial charge is 0.480 e. The Balaban J connectivity index is 1.48. The standard InChI is InChI=1S/C25H23N7O5S/c1-13-21(24(38-32-13)31-20-12-27-16-7-2-3-8-17(16)29-20)23(35)28-15-6-4-5-14(11-15)22(34)30-18(25(36)37)9-10-19(26)33/h2-8,11-12,18H,9-10H2,1H3,(H2,26,33)(H,28,35)(H,29,31)(H,30,34)(H,36,37). The van der Waals surface area contributed by atoms with Crippen molar-refractivity contribution >= 4 is 62.8 Å². The molecule has 0 bridgehead atoms. The van der Waals surface area contributed by atoms with Crippen LogP contribution >= 0.6 is 11.5 Å². The lowest BCUT2D eigenvalue weighted by atomic mass is 10.1. The molecule has 0 saturated heterocycles. The third kappa shape index (κ3) is 6.25. The van der Waals surface area contributed by atoms with Crippen molar-refractivity contribution in [3.8, 4) is 0 Å². The van der Waals surface area contributed by atoms with E-state index in [9.17, 15) is 24.3 Å². The molecule has 2 aromatic heterocycles. The Bertz CT molecular complexity index is 1540. The molecule has 0 aliphatic rings. The van der Waals surface area contributed by atoms with Gasteiger partial charge in [0.05, 0.1) is 28.5 Å². The number of benzene rings is 2. The number of anilines is 3. The second-order valence-electron chi connectivity index (χ2n) is 8.25. The van der Waals surface area contributed by atoms with E-state index in [1.807, 2.05) is 24.3 Å². The predicted molar refractivity (Wildman–Crippen MR) is 141 cm³/mol. The molecular weight excluding hydrogens is 510 g/mol. The number of aryl methyl sites for hydroxylation is 1. The topological polar surface area (TPSA) is 189 Å². The van der Waals surface area contributed by atoms with Crippen LogP contribution < -0.4 is 21.7 Å². The number of amides is 3. The maximum atomic E-state index is 13.2. The lowest BCUT2D eigenvalue weighted by Crippen LogP contribution is -2.41. The first-order valence-corrected chi connectivity index (χ1v) is 12.2. The number of aromatic nitrogens is 3. The second kappa shape index (κ2) is 11.4. The summed E-state index contributed by atoms with van der Waals surface area (Å²) in [5.41, 5.74) is 7.75. The molecule has 4 rings (SSSR count). The first-order valence-electron chi connectivity index (χ1n) is 11.4. The van der Waals surface area contributed by atoms with Crippen molar-refractivity contribution in [1.29, 1.82) is 0 Å². The molecule has 2 aromatic carbocycles. The van der Waals surface area contributed by atoms with E-state index in [2.05, 4.69) is 30.3 Å². The number of carbonyl (C=O) groups is 4. The molecule has 38 heavy (non-hydrogen) atoms. The van der Waals surface area contributed by atoms with Crippen LogP contribution in [0.4, 0.5) is 16.5 Å². The summed E-state index contributed by atoms with van der Waals surface area (Å²) < 4.78 is 4.28. The van der Waals surface area contributed by atoms with Crippen LogP contribution in [0.1, 0.15) is 39.3 Å². The fraction of sp³-hybridized carbons (Fsp3) is 0.160. The van der Waals surface area contributed by atoms with E-state index >= 15 is 0 Å². The molecule has 0 aliphatic carbocycles. The Labute approximate surface area is 220 Å². The van der Waals surface area contributed by atoms with Crippen molar-refractivity contribution in [2.75, 3.05) is 10.6 Å². The maximum Gasteiger partial charge on any atom is 0.326 e. The molecule has 0 radical (unpaired) electrons. The van der Waals surface area contributed by atoms with E-state index in [-0.39, 0.29) is 18.4 Å². The number of rotatable bonds is 10. The number of para-hydroxylation sites is 2. The Hall–Kier alpha value is -4.91. The molecule has 1 atom stereocenters. The predicted octanol–water partition coefficient (Wildman–Crippen LogP) is 2.84. The summed E-state index contributed by atoms with van der Waals surface area (Å²) in [7, 11) is 0. The van der Waals surface area contributed by atoms with Gasteiger partial charge >= 0.3 is 5.97 Å². The number of carboxylic acids is 1. The lowest BCUT2D eigenvalue weighted by Gasteiger charge is -2.14. The smallest absolute Gasteiger partial charge is 0.326 e. The van der Waals surface area contributed by atoms with Gasteiger partial charge in [-0.1, -0.05) is 18.2 Å². The highest BCUT2D eigenvalue weighted by molar-refractivity contribution is 7.10. The van der Waals surface area contributed by atoms with Crippen molar-refractivity contribution in [3.05, 3.63) is 71.5 Å². The Morgan fingerprint density at radius 3 is 2.55 bits per heavy atom. The summed E-state index contributed by atoms with van der Waals surface area (Å²) in [4.78, 5) is 57.1. The quantitative estimate of drug-likeness (QED) is 0.204. The minimum absolute atomic E-state index is 0.123. The highest BCUT2D eigenvalue weighted by atomic mass is 32.1. The fourth-order valence-electron chi connectivity index (χ4n) is 3.57. The number of nitrogens with two attached hydrogens (primary N) is 1. The average molecular weight is 534 g/mol. The molecule has 0 fully saturated rings. The van der Waals surface area contributed by atoms with Crippen LogP contribution in [-0.4, -0.2) is 49.2 Å². The maximum absolute atomic E-state index is 13.2. The number of nitrogens with zero attached hydrogens (tertiary/aromatic N) is 3. The minimum Gasteiger partial charge on any atom is -0.480 e. The third-order valence-electron chi connectivity index (χ3n) is 5.45. The number of carboxylic acid groups (broad SMARTS) is 1. The molecule has 0 spiro atoms. The van der Waals surface area contributed by atoms with Crippen molar-refractivity contribution in [3.63, 3.8) is 0 Å². The first-order chi connectivity index (χ1) is 18.2. The zero-order valence-electron chi connectivity index (χ0n) is 20.1. The average Bonchev–Trinajstić information content (AvgIpc) is 3.25. The molecule has 6 N–H and O–H groups in total.